The Morgan fingerprint density at radius 3 is 2.97 bits per heavy atom. The average Bonchev–Trinajstić information content (AvgIpc) is 3.17. The summed E-state index contributed by atoms with van der Waals surface area (Å²) in [5.41, 5.74) is 2.07. The lowest BCUT2D eigenvalue weighted by Crippen LogP contribution is -2.08. The first-order valence-electron chi connectivity index (χ1n) is 9.10. The van der Waals surface area contributed by atoms with Gasteiger partial charge >= 0.3 is 0 Å². The van der Waals surface area contributed by atoms with Gasteiger partial charge in [-0.25, -0.2) is 4.98 Å². The molecule has 0 unspecified atom stereocenters. The Morgan fingerprint density at radius 1 is 1.33 bits per heavy atom. The van der Waals surface area contributed by atoms with Gasteiger partial charge in [0.05, 0.1) is 18.5 Å². The highest BCUT2D eigenvalue weighted by Crippen LogP contribution is 2.20. The number of nitrogens with zero attached hydrogens (tertiary/aromatic N) is 3. The van der Waals surface area contributed by atoms with Crippen molar-refractivity contribution in [2.45, 2.75) is 6.54 Å². The lowest BCUT2D eigenvalue weighted by atomic mass is 10.1. The van der Waals surface area contributed by atoms with Crippen LogP contribution in [0.1, 0.15) is 16.7 Å². The standard InChI is InChI=1S/C22H19ClN4O3/c23-19-3-1-2-17(10-19)13-27-14-21(25-15-27)26-22(29)7-5-16-4-6-18(12-24)20(11-16)30-9-8-28/h1-7,10-11,14-15,28H,8-9,13H2,(H,26,29)/b7-5+. The summed E-state index contributed by atoms with van der Waals surface area (Å²) in [7, 11) is 0. The molecular formula is C22H19ClN4O3. The van der Waals surface area contributed by atoms with E-state index in [1.165, 1.54) is 6.08 Å². The molecule has 0 spiro atoms. The van der Waals surface area contributed by atoms with Crippen LogP contribution in [0.15, 0.2) is 61.1 Å². The second-order valence-electron chi connectivity index (χ2n) is 6.32. The number of aromatic nitrogens is 2. The summed E-state index contributed by atoms with van der Waals surface area (Å²) in [6, 6.07) is 14.5. The lowest BCUT2D eigenvalue weighted by molar-refractivity contribution is -0.111. The van der Waals surface area contributed by atoms with Crippen molar-refractivity contribution < 1.29 is 14.6 Å². The molecule has 2 aromatic carbocycles. The molecule has 8 heteroatoms. The van der Waals surface area contributed by atoms with Crippen molar-refractivity contribution in [3.63, 3.8) is 0 Å². The first kappa shape index (κ1) is 21.1. The maximum Gasteiger partial charge on any atom is 0.249 e. The van der Waals surface area contributed by atoms with Crippen molar-refractivity contribution in [2.24, 2.45) is 0 Å². The Kier molecular flexibility index (Phi) is 7.22. The highest BCUT2D eigenvalue weighted by atomic mass is 35.5. The number of amides is 1. The first-order chi connectivity index (χ1) is 14.6. The molecule has 0 bridgehead atoms. The molecule has 0 atom stereocenters. The number of carbonyl (C=O) groups excluding carboxylic acids is 1. The monoisotopic (exact) mass is 422 g/mol. The molecule has 1 amide bonds. The summed E-state index contributed by atoms with van der Waals surface area (Å²) in [6.07, 6.45) is 6.33. The molecule has 0 radical (unpaired) electrons. The minimum absolute atomic E-state index is 0.0835. The number of benzene rings is 2. The Bertz CT molecular complexity index is 1100. The van der Waals surface area contributed by atoms with E-state index in [1.807, 2.05) is 34.9 Å². The molecule has 0 aliphatic rings. The predicted octanol–water partition coefficient (Wildman–Crippen LogP) is 3.48. The minimum Gasteiger partial charge on any atom is -0.490 e. The highest BCUT2D eigenvalue weighted by molar-refractivity contribution is 6.30. The molecule has 0 aliphatic carbocycles. The van der Waals surface area contributed by atoms with Crippen molar-refractivity contribution in [3.8, 4) is 11.8 Å². The summed E-state index contributed by atoms with van der Waals surface area (Å²) in [5.74, 6) is 0.442. The molecule has 0 saturated carbocycles. The number of aliphatic hydroxyl groups excluding tert-OH is 1. The summed E-state index contributed by atoms with van der Waals surface area (Å²) < 4.78 is 7.19. The average molecular weight is 423 g/mol. The van der Waals surface area contributed by atoms with Gasteiger partial charge in [-0.1, -0.05) is 29.8 Å². The molecule has 1 aromatic heterocycles. The number of halogens is 1. The summed E-state index contributed by atoms with van der Waals surface area (Å²) in [4.78, 5) is 16.4. The summed E-state index contributed by atoms with van der Waals surface area (Å²) in [6.45, 7) is 0.513. The summed E-state index contributed by atoms with van der Waals surface area (Å²) in [5, 5.41) is 21.4. The third-order valence-corrected chi connectivity index (χ3v) is 4.28. The quantitative estimate of drug-likeness (QED) is 0.541. The van der Waals surface area contributed by atoms with Gasteiger partial charge < -0.3 is 19.7 Å². The molecule has 3 rings (SSSR count). The number of aliphatic hydroxyl groups is 1. The molecule has 3 aromatic rings. The van der Waals surface area contributed by atoms with Gasteiger partial charge in [-0.15, -0.1) is 0 Å². The van der Waals surface area contributed by atoms with Crippen LogP contribution in [0.5, 0.6) is 5.75 Å². The van der Waals surface area contributed by atoms with E-state index in [1.54, 1.807) is 36.8 Å². The third kappa shape index (κ3) is 5.95. The molecule has 2 N–H and O–H groups in total. The van der Waals surface area contributed by atoms with E-state index in [4.69, 9.17) is 26.7 Å². The minimum atomic E-state index is -0.342. The van der Waals surface area contributed by atoms with E-state index in [0.717, 1.165) is 5.56 Å². The molecule has 0 aliphatic heterocycles. The van der Waals surface area contributed by atoms with Crippen molar-refractivity contribution >= 4 is 29.4 Å². The lowest BCUT2D eigenvalue weighted by Gasteiger charge is -2.07. The zero-order chi connectivity index (χ0) is 21.3. The van der Waals surface area contributed by atoms with Gasteiger partial charge in [0.25, 0.3) is 0 Å². The molecule has 7 nitrogen and oxygen atoms in total. The highest BCUT2D eigenvalue weighted by Gasteiger charge is 2.06. The molecule has 1 heterocycles. The van der Waals surface area contributed by atoms with Crippen LogP contribution in [0.25, 0.3) is 6.08 Å². The van der Waals surface area contributed by atoms with Crippen LogP contribution in [0.4, 0.5) is 5.82 Å². The topological polar surface area (TPSA) is 100 Å². The zero-order valence-corrected chi connectivity index (χ0v) is 16.7. The van der Waals surface area contributed by atoms with Crippen LogP contribution >= 0.6 is 11.6 Å². The molecule has 0 saturated heterocycles. The maximum atomic E-state index is 12.2. The molecule has 0 fully saturated rings. The van der Waals surface area contributed by atoms with Gasteiger partial charge in [-0.2, -0.15) is 5.26 Å². The van der Waals surface area contributed by atoms with Gasteiger partial charge in [0.1, 0.15) is 18.4 Å². The van der Waals surface area contributed by atoms with E-state index in [2.05, 4.69) is 10.3 Å². The normalized spacial score (nSPS) is 10.7. The number of nitrogens with one attached hydrogen (secondary N) is 1. The van der Waals surface area contributed by atoms with Crippen LogP contribution in [-0.4, -0.2) is 33.8 Å². The number of anilines is 1. The SMILES string of the molecule is N#Cc1ccc(/C=C/C(=O)Nc2cn(Cc3cccc(Cl)c3)cn2)cc1OCCO. The number of ether oxygens (including phenoxy) is 1. The van der Waals surface area contributed by atoms with Crippen LogP contribution < -0.4 is 10.1 Å². The second-order valence-corrected chi connectivity index (χ2v) is 6.76. The van der Waals surface area contributed by atoms with Crippen molar-refractivity contribution in [3.05, 3.63) is 82.8 Å². The molecule has 30 heavy (non-hydrogen) atoms. The number of imidazole rings is 1. The molecule has 152 valence electrons. The van der Waals surface area contributed by atoms with Crippen LogP contribution in [0, 0.1) is 11.3 Å². The maximum absolute atomic E-state index is 12.2. The fourth-order valence-electron chi connectivity index (χ4n) is 2.71. The van der Waals surface area contributed by atoms with E-state index in [0.29, 0.717) is 34.3 Å². The molecular weight excluding hydrogens is 404 g/mol. The van der Waals surface area contributed by atoms with Crippen molar-refractivity contribution in [1.29, 1.82) is 5.26 Å². The summed E-state index contributed by atoms with van der Waals surface area (Å²) >= 11 is 6.00. The number of hydrogen-bond acceptors (Lipinski definition) is 5. The number of nitriles is 1. The van der Waals surface area contributed by atoms with Crippen molar-refractivity contribution in [2.75, 3.05) is 18.5 Å². The van der Waals surface area contributed by atoms with E-state index < -0.39 is 0 Å². The van der Waals surface area contributed by atoms with Gasteiger partial charge in [-0.05, 0) is 41.5 Å². The first-order valence-corrected chi connectivity index (χ1v) is 9.48. The zero-order valence-electron chi connectivity index (χ0n) is 16.0. The second kappa shape index (κ2) is 10.3. The van der Waals surface area contributed by atoms with Gasteiger partial charge in [0.2, 0.25) is 5.91 Å². The fraction of sp³-hybridized carbons (Fsp3) is 0.136. The Hall–Kier alpha value is -3.60. The number of rotatable bonds is 8. The van der Waals surface area contributed by atoms with E-state index in [-0.39, 0.29) is 19.1 Å². The van der Waals surface area contributed by atoms with Gasteiger partial charge in [0.15, 0.2) is 5.82 Å². The smallest absolute Gasteiger partial charge is 0.249 e. The van der Waals surface area contributed by atoms with Crippen LogP contribution in [0.3, 0.4) is 0 Å². The Morgan fingerprint density at radius 2 is 2.20 bits per heavy atom. The third-order valence-electron chi connectivity index (χ3n) is 4.04. The Labute approximate surface area is 178 Å². The number of carbonyl (C=O) groups is 1. The van der Waals surface area contributed by atoms with Gasteiger partial charge in [-0.3, -0.25) is 4.79 Å². The van der Waals surface area contributed by atoms with E-state index in [9.17, 15) is 4.79 Å². The largest absolute Gasteiger partial charge is 0.490 e. The van der Waals surface area contributed by atoms with Crippen LogP contribution in [0.2, 0.25) is 5.02 Å². The fourth-order valence-corrected chi connectivity index (χ4v) is 2.92. The van der Waals surface area contributed by atoms with Gasteiger partial charge in [0, 0.05) is 23.8 Å². The predicted molar refractivity (Wildman–Crippen MR) is 114 cm³/mol. The van der Waals surface area contributed by atoms with Crippen molar-refractivity contribution in [1.82, 2.24) is 9.55 Å². The van der Waals surface area contributed by atoms with E-state index >= 15 is 0 Å². The number of hydrogen-bond donors (Lipinski definition) is 2. The van der Waals surface area contributed by atoms with Crippen LogP contribution in [-0.2, 0) is 11.3 Å². The Balaban J connectivity index is 1.61.